The molecule has 19 heavy (non-hydrogen) atoms. The van der Waals surface area contributed by atoms with E-state index in [1.807, 2.05) is 38.1 Å². The van der Waals surface area contributed by atoms with Crippen molar-refractivity contribution in [3.63, 3.8) is 0 Å². The van der Waals surface area contributed by atoms with Crippen LogP contribution in [0, 0.1) is 0 Å². The Morgan fingerprint density at radius 2 is 1.79 bits per heavy atom. The van der Waals surface area contributed by atoms with Gasteiger partial charge in [-0.25, -0.2) is 0 Å². The zero-order valence-corrected chi connectivity index (χ0v) is 12.4. The van der Waals surface area contributed by atoms with Crippen LogP contribution in [0.1, 0.15) is 13.8 Å². The minimum absolute atomic E-state index is 0.158. The average Bonchev–Trinajstić information content (AvgIpc) is 2.44. The third kappa shape index (κ3) is 5.87. The molecule has 0 aromatic heterocycles. The number of hydrogen-bond acceptors (Lipinski definition) is 5. The highest BCUT2D eigenvalue weighted by Gasteiger charge is 2.12. The molecule has 106 valence electrons. The Bertz CT molecular complexity index is 378. The minimum atomic E-state index is -0.203. The highest BCUT2D eigenvalue weighted by atomic mass is 32.2. The minimum Gasteiger partial charge on any atom is -0.494 e. The lowest BCUT2D eigenvalue weighted by Crippen LogP contribution is -2.16. The van der Waals surface area contributed by atoms with Crippen LogP contribution in [0.5, 0.6) is 11.5 Å². The van der Waals surface area contributed by atoms with Crippen LogP contribution in [0.2, 0.25) is 0 Å². The van der Waals surface area contributed by atoms with Gasteiger partial charge in [0.15, 0.2) is 0 Å². The number of carbonyl (C=O) groups excluding carboxylic acids is 1. The maximum absolute atomic E-state index is 11.2. The van der Waals surface area contributed by atoms with Crippen LogP contribution in [0.25, 0.3) is 0 Å². The predicted octanol–water partition coefficient (Wildman–Crippen LogP) is 2.76. The van der Waals surface area contributed by atoms with Crippen LogP contribution in [0.15, 0.2) is 24.3 Å². The number of thioether (sulfide) groups is 1. The molecule has 1 rings (SSSR count). The van der Waals surface area contributed by atoms with Crippen LogP contribution in [-0.2, 0) is 9.53 Å². The number of carbonyl (C=O) groups is 1. The molecule has 0 aliphatic carbocycles. The maximum Gasteiger partial charge on any atom is 0.318 e. The van der Waals surface area contributed by atoms with Gasteiger partial charge >= 0.3 is 5.97 Å². The third-order valence-corrected chi connectivity index (χ3v) is 3.48. The van der Waals surface area contributed by atoms with E-state index >= 15 is 0 Å². The first-order valence-corrected chi connectivity index (χ1v) is 7.27. The number of benzene rings is 1. The summed E-state index contributed by atoms with van der Waals surface area (Å²) in [5, 5.41) is -0.158. The zero-order chi connectivity index (χ0) is 14.1. The van der Waals surface area contributed by atoms with Gasteiger partial charge in [0.25, 0.3) is 0 Å². The van der Waals surface area contributed by atoms with Crippen molar-refractivity contribution in [3.8, 4) is 11.5 Å². The first kappa shape index (κ1) is 15.7. The van der Waals surface area contributed by atoms with Crippen molar-refractivity contribution >= 4 is 17.7 Å². The molecule has 0 aliphatic rings. The molecule has 4 nitrogen and oxygen atoms in total. The van der Waals surface area contributed by atoms with Crippen molar-refractivity contribution in [3.05, 3.63) is 24.3 Å². The molecule has 0 amide bonds. The first-order valence-electron chi connectivity index (χ1n) is 6.22. The molecule has 0 N–H and O–H groups in total. The van der Waals surface area contributed by atoms with Crippen LogP contribution in [-0.4, -0.2) is 37.3 Å². The smallest absolute Gasteiger partial charge is 0.318 e. The van der Waals surface area contributed by atoms with Gasteiger partial charge in [0, 0.05) is 5.75 Å². The van der Waals surface area contributed by atoms with Gasteiger partial charge in [-0.1, -0.05) is 0 Å². The van der Waals surface area contributed by atoms with Crippen LogP contribution < -0.4 is 9.47 Å². The van der Waals surface area contributed by atoms with Crippen molar-refractivity contribution in [1.82, 2.24) is 0 Å². The average molecular weight is 284 g/mol. The molecule has 0 radical (unpaired) electrons. The van der Waals surface area contributed by atoms with Gasteiger partial charge in [-0.3, -0.25) is 4.79 Å². The standard InChI is InChI=1S/C14H20O4S/c1-4-17-12-5-7-13(8-6-12)18-9-10-19-11(2)14(15)16-3/h5-8,11H,4,9-10H2,1-3H3. The summed E-state index contributed by atoms with van der Waals surface area (Å²) >= 11 is 1.52. The Morgan fingerprint density at radius 1 is 1.21 bits per heavy atom. The molecule has 0 bridgehead atoms. The summed E-state index contributed by atoms with van der Waals surface area (Å²) in [6.07, 6.45) is 0. The lowest BCUT2D eigenvalue weighted by Gasteiger charge is -2.10. The van der Waals surface area contributed by atoms with Crippen molar-refractivity contribution in [2.45, 2.75) is 19.1 Å². The fraction of sp³-hybridized carbons (Fsp3) is 0.500. The van der Waals surface area contributed by atoms with Crippen molar-refractivity contribution in [2.24, 2.45) is 0 Å². The van der Waals surface area contributed by atoms with Gasteiger partial charge in [0.05, 0.1) is 25.6 Å². The second-order valence-electron chi connectivity index (χ2n) is 3.79. The molecule has 0 spiro atoms. The quantitative estimate of drug-likeness (QED) is 0.542. The van der Waals surface area contributed by atoms with E-state index in [1.54, 1.807) is 0 Å². The molecule has 5 heteroatoms. The van der Waals surface area contributed by atoms with Gasteiger partial charge in [-0.2, -0.15) is 0 Å². The van der Waals surface area contributed by atoms with Gasteiger partial charge in [-0.15, -0.1) is 11.8 Å². The summed E-state index contributed by atoms with van der Waals surface area (Å²) in [4.78, 5) is 11.2. The molecule has 1 aromatic carbocycles. The highest BCUT2D eigenvalue weighted by molar-refractivity contribution is 8.00. The molecular formula is C14H20O4S. The van der Waals surface area contributed by atoms with E-state index in [9.17, 15) is 4.79 Å². The van der Waals surface area contributed by atoms with E-state index in [1.165, 1.54) is 18.9 Å². The van der Waals surface area contributed by atoms with E-state index in [2.05, 4.69) is 4.74 Å². The molecule has 0 aliphatic heterocycles. The van der Waals surface area contributed by atoms with E-state index < -0.39 is 0 Å². The number of esters is 1. The van der Waals surface area contributed by atoms with Crippen LogP contribution in [0.4, 0.5) is 0 Å². The zero-order valence-electron chi connectivity index (χ0n) is 11.5. The summed E-state index contributed by atoms with van der Waals surface area (Å²) in [6, 6.07) is 7.50. The van der Waals surface area contributed by atoms with Crippen molar-refractivity contribution in [1.29, 1.82) is 0 Å². The summed E-state index contributed by atoms with van der Waals surface area (Å²) in [7, 11) is 1.40. The predicted molar refractivity (Wildman–Crippen MR) is 77.0 cm³/mol. The maximum atomic E-state index is 11.2. The molecule has 1 aromatic rings. The number of methoxy groups -OCH3 is 1. The SMILES string of the molecule is CCOc1ccc(OCCSC(C)C(=O)OC)cc1. The normalized spacial score (nSPS) is 11.7. The largest absolute Gasteiger partial charge is 0.494 e. The van der Waals surface area contributed by atoms with Crippen LogP contribution in [0.3, 0.4) is 0 Å². The fourth-order valence-electron chi connectivity index (χ4n) is 1.42. The Balaban J connectivity index is 2.24. The molecule has 1 atom stereocenters. The summed E-state index contributed by atoms with van der Waals surface area (Å²) in [5.74, 6) is 2.17. The summed E-state index contributed by atoms with van der Waals surface area (Å²) in [6.45, 7) is 4.99. The molecule has 0 fully saturated rings. The lowest BCUT2D eigenvalue weighted by molar-refractivity contribution is -0.139. The van der Waals surface area contributed by atoms with Gasteiger partial charge in [-0.05, 0) is 38.1 Å². The second-order valence-corrected chi connectivity index (χ2v) is 5.24. The van der Waals surface area contributed by atoms with Gasteiger partial charge in [0.2, 0.25) is 0 Å². The molecular weight excluding hydrogens is 264 g/mol. The van der Waals surface area contributed by atoms with E-state index in [0.29, 0.717) is 13.2 Å². The van der Waals surface area contributed by atoms with Gasteiger partial charge < -0.3 is 14.2 Å². The lowest BCUT2D eigenvalue weighted by atomic mass is 10.3. The Morgan fingerprint density at radius 3 is 2.32 bits per heavy atom. The van der Waals surface area contributed by atoms with Crippen molar-refractivity contribution < 1.29 is 19.0 Å². The molecule has 0 saturated heterocycles. The van der Waals surface area contributed by atoms with E-state index in [0.717, 1.165) is 17.3 Å². The van der Waals surface area contributed by atoms with Crippen LogP contribution >= 0.6 is 11.8 Å². The number of ether oxygens (including phenoxy) is 3. The summed E-state index contributed by atoms with van der Waals surface area (Å²) in [5.41, 5.74) is 0. The first-order chi connectivity index (χ1) is 9.17. The number of hydrogen-bond donors (Lipinski definition) is 0. The van der Waals surface area contributed by atoms with Gasteiger partial charge in [0.1, 0.15) is 11.5 Å². The Hall–Kier alpha value is -1.36. The van der Waals surface area contributed by atoms with E-state index in [4.69, 9.17) is 9.47 Å². The fourth-order valence-corrected chi connectivity index (χ4v) is 2.18. The number of rotatable bonds is 8. The monoisotopic (exact) mass is 284 g/mol. The topological polar surface area (TPSA) is 44.8 Å². The molecule has 0 heterocycles. The molecule has 1 unspecified atom stereocenters. The van der Waals surface area contributed by atoms with Crippen molar-refractivity contribution in [2.75, 3.05) is 26.1 Å². The third-order valence-electron chi connectivity index (χ3n) is 2.39. The summed E-state index contributed by atoms with van der Waals surface area (Å²) < 4.78 is 15.6. The van der Waals surface area contributed by atoms with E-state index in [-0.39, 0.29) is 11.2 Å². The second kappa shape index (κ2) is 8.69. The Labute approximate surface area is 118 Å². The molecule has 0 saturated carbocycles. The highest BCUT2D eigenvalue weighted by Crippen LogP contribution is 2.18. The Kier molecular flexibility index (Phi) is 7.18.